The van der Waals surface area contributed by atoms with Gasteiger partial charge in [-0.25, -0.2) is 4.57 Å². The Bertz CT molecular complexity index is 500. The van der Waals surface area contributed by atoms with Crippen LogP contribution in [-0.2, 0) is 32.6 Å². The van der Waals surface area contributed by atoms with Gasteiger partial charge in [-0.2, -0.15) is 0 Å². The third-order valence-corrected chi connectivity index (χ3v) is 5.48. The first-order valence-electron chi connectivity index (χ1n) is 8.63. The van der Waals surface area contributed by atoms with E-state index in [-0.39, 0.29) is 13.2 Å². The molecule has 2 aliphatic heterocycles. The Morgan fingerprint density at radius 2 is 1.58 bits per heavy atom. The van der Waals surface area contributed by atoms with Crippen molar-refractivity contribution in [3.05, 3.63) is 0 Å². The summed E-state index contributed by atoms with van der Waals surface area (Å²) in [5.74, 6) is 0. The van der Waals surface area contributed by atoms with Gasteiger partial charge < -0.3 is 34.1 Å². The maximum absolute atomic E-state index is 12.3. The fraction of sp³-hybridized carbons (Fsp3) is 1.00. The summed E-state index contributed by atoms with van der Waals surface area (Å²) in [6.45, 7) is 1.90. The maximum Gasteiger partial charge on any atom is 0.472 e. The molecule has 0 aromatic rings. The van der Waals surface area contributed by atoms with Gasteiger partial charge in [0.2, 0.25) is 0 Å². The smallest absolute Gasteiger partial charge is 0.388 e. The normalized spacial score (nSPS) is 42.8. The van der Waals surface area contributed by atoms with E-state index in [0.717, 1.165) is 0 Å². The highest BCUT2D eigenvalue weighted by Crippen LogP contribution is 2.47. The van der Waals surface area contributed by atoms with Crippen molar-refractivity contribution >= 4 is 23.5 Å². The van der Waals surface area contributed by atoms with Gasteiger partial charge in [0.15, 0.2) is 0 Å². The van der Waals surface area contributed by atoms with Gasteiger partial charge in [-0.05, 0) is 6.92 Å². The second-order valence-corrected chi connectivity index (χ2v) is 7.86. The minimum atomic E-state index is -4.52. The Balaban J connectivity index is 1.94. The molecule has 0 radical (unpaired) electrons. The molecule has 2 saturated heterocycles. The number of ether oxygens (including phenoxy) is 4. The van der Waals surface area contributed by atoms with E-state index in [2.05, 4.69) is 0 Å². The average Bonchev–Trinajstić information content (AvgIpc) is 2.98. The van der Waals surface area contributed by atoms with Crippen LogP contribution in [0.1, 0.15) is 6.92 Å². The predicted molar refractivity (Wildman–Crippen MR) is 94.4 cm³/mol. The van der Waals surface area contributed by atoms with E-state index in [1.165, 1.54) is 7.11 Å². The Kier molecular flexibility index (Phi) is 8.12. The standard InChI is InChI=1S/C13H27B2O10P/c1-3-21-10-7(24-12(14)8(10)16)5-22-26(18,19)25-11-6(4-20-2)23-13(15)9(11)17/h6-13,16-17H,3-5,14-15H2,1-2H3,(H,18,19)/t6-,7-,8?,9?,10?,11?,12-,13-/m1/s1. The first-order valence-corrected chi connectivity index (χ1v) is 10.1. The van der Waals surface area contributed by atoms with Crippen LogP contribution in [0.2, 0.25) is 0 Å². The second-order valence-electron chi connectivity index (χ2n) is 6.45. The highest BCUT2D eigenvalue weighted by Gasteiger charge is 2.47. The summed E-state index contributed by atoms with van der Waals surface area (Å²) < 4.78 is 43.9. The summed E-state index contributed by atoms with van der Waals surface area (Å²) in [4.78, 5) is 10.0. The minimum absolute atomic E-state index is 0.0912. The first kappa shape index (κ1) is 22.3. The van der Waals surface area contributed by atoms with Gasteiger partial charge in [-0.3, -0.25) is 9.05 Å². The van der Waals surface area contributed by atoms with E-state index < -0.39 is 56.5 Å². The van der Waals surface area contributed by atoms with Gasteiger partial charge in [0.25, 0.3) is 0 Å². The van der Waals surface area contributed by atoms with E-state index in [1.807, 2.05) is 0 Å². The second kappa shape index (κ2) is 9.47. The van der Waals surface area contributed by atoms with Crippen LogP contribution in [0.15, 0.2) is 0 Å². The van der Waals surface area contributed by atoms with Crippen LogP contribution in [0.3, 0.4) is 0 Å². The molecule has 10 nitrogen and oxygen atoms in total. The zero-order chi connectivity index (χ0) is 19.5. The van der Waals surface area contributed by atoms with Crippen LogP contribution in [0.25, 0.3) is 0 Å². The molecule has 0 aromatic carbocycles. The summed E-state index contributed by atoms with van der Waals surface area (Å²) in [6.07, 6.45) is -5.12. The van der Waals surface area contributed by atoms with E-state index in [1.54, 1.807) is 22.6 Å². The van der Waals surface area contributed by atoms with Gasteiger partial charge in [-0.1, -0.05) is 0 Å². The summed E-state index contributed by atoms with van der Waals surface area (Å²) in [5.41, 5.74) is 0. The van der Waals surface area contributed by atoms with E-state index in [0.29, 0.717) is 6.61 Å². The fourth-order valence-corrected chi connectivity index (χ4v) is 4.12. The lowest BCUT2D eigenvalue weighted by molar-refractivity contribution is -0.0561. The predicted octanol–water partition coefficient (Wildman–Crippen LogP) is -3.02. The highest BCUT2D eigenvalue weighted by molar-refractivity contribution is 7.47. The highest BCUT2D eigenvalue weighted by atomic mass is 31.2. The fourth-order valence-electron chi connectivity index (χ4n) is 3.15. The van der Waals surface area contributed by atoms with Gasteiger partial charge >= 0.3 is 7.82 Å². The van der Waals surface area contributed by atoms with Gasteiger partial charge in [0.1, 0.15) is 52.3 Å². The number of aliphatic hydroxyl groups excluding tert-OH is 2. The largest absolute Gasteiger partial charge is 0.472 e. The van der Waals surface area contributed by atoms with Gasteiger partial charge in [-0.15, -0.1) is 0 Å². The van der Waals surface area contributed by atoms with Crippen LogP contribution >= 0.6 is 7.82 Å². The molecule has 0 aromatic heterocycles. The van der Waals surface area contributed by atoms with Crippen molar-refractivity contribution in [2.45, 2.75) is 55.6 Å². The van der Waals surface area contributed by atoms with Crippen molar-refractivity contribution in [1.29, 1.82) is 0 Å². The van der Waals surface area contributed by atoms with E-state index >= 15 is 0 Å². The molecule has 0 bridgehead atoms. The lowest BCUT2D eigenvalue weighted by Crippen LogP contribution is -2.38. The summed E-state index contributed by atoms with van der Waals surface area (Å²) in [6, 6.07) is -1.06. The molecular weight excluding hydrogens is 369 g/mol. The molecule has 0 aliphatic carbocycles. The van der Waals surface area contributed by atoms with Crippen LogP contribution in [0, 0.1) is 0 Å². The number of methoxy groups -OCH3 is 1. The Morgan fingerprint density at radius 1 is 1.04 bits per heavy atom. The molecule has 3 N–H and O–H groups in total. The molecule has 2 aliphatic rings. The van der Waals surface area contributed by atoms with Crippen molar-refractivity contribution < 1.29 is 47.7 Å². The number of phosphoric acid groups is 1. The zero-order valence-corrected chi connectivity index (χ0v) is 16.3. The van der Waals surface area contributed by atoms with Crippen LogP contribution in [-0.4, -0.2) is 106 Å². The number of hydrogen-bond donors (Lipinski definition) is 3. The van der Waals surface area contributed by atoms with Crippen LogP contribution < -0.4 is 0 Å². The topological polar surface area (TPSA) is 133 Å². The van der Waals surface area contributed by atoms with Crippen LogP contribution in [0.5, 0.6) is 0 Å². The lowest BCUT2D eigenvalue weighted by atomic mass is 9.93. The van der Waals surface area contributed by atoms with Crippen molar-refractivity contribution in [1.82, 2.24) is 0 Å². The molecule has 2 fully saturated rings. The molecule has 13 heteroatoms. The third-order valence-electron chi connectivity index (χ3n) is 4.49. The number of aliphatic hydroxyl groups is 2. The number of hydrogen-bond acceptors (Lipinski definition) is 9. The molecule has 26 heavy (non-hydrogen) atoms. The molecule has 150 valence electrons. The SMILES string of the molecule is B[C@@H]1O[C@H](COP(=O)(O)OC2C(O)[C@H](B)O[C@@H]2COC)C(OCC)C1O. The minimum Gasteiger partial charge on any atom is -0.388 e. The molecule has 9 atom stereocenters. The molecule has 0 saturated carbocycles. The zero-order valence-electron chi connectivity index (χ0n) is 15.4. The summed E-state index contributed by atoms with van der Waals surface area (Å²) in [7, 11) is 0.232. The Morgan fingerprint density at radius 3 is 2.12 bits per heavy atom. The maximum atomic E-state index is 12.3. The van der Waals surface area contributed by atoms with Crippen molar-refractivity contribution in [2.24, 2.45) is 0 Å². The Hall–Kier alpha value is -0.000130. The van der Waals surface area contributed by atoms with Crippen molar-refractivity contribution in [3.63, 3.8) is 0 Å². The van der Waals surface area contributed by atoms with Gasteiger partial charge in [0, 0.05) is 13.7 Å². The quantitative estimate of drug-likeness (QED) is 0.273. The lowest BCUT2D eigenvalue weighted by Gasteiger charge is -2.25. The number of phosphoric ester groups is 1. The van der Waals surface area contributed by atoms with E-state index in [9.17, 15) is 19.7 Å². The van der Waals surface area contributed by atoms with Crippen molar-refractivity contribution in [2.75, 3.05) is 26.9 Å². The molecule has 0 amide bonds. The van der Waals surface area contributed by atoms with Crippen molar-refractivity contribution in [3.8, 4) is 0 Å². The monoisotopic (exact) mass is 396 g/mol. The number of rotatable bonds is 9. The van der Waals surface area contributed by atoms with Crippen LogP contribution in [0.4, 0.5) is 0 Å². The summed E-state index contributed by atoms with van der Waals surface area (Å²) >= 11 is 0. The van der Waals surface area contributed by atoms with Gasteiger partial charge in [0.05, 0.1) is 25.2 Å². The molecule has 2 heterocycles. The molecular formula is C13H27B2O10P. The Labute approximate surface area is 154 Å². The first-order chi connectivity index (χ1) is 12.2. The molecule has 5 unspecified atom stereocenters. The third kappa shape index (κ3) is 5.29. The molecule has 0 spiro atoms. The summed E-state index contributed by atoms with van der Waals surface area (Å²) in [5, 5.41) is 20.2. The average molecular weight is 396 g/mol. The molecule has 2 rings (SSSR count). The van der Waals surface area contributed by atoms with E-state index in [4.69, 9.17) is 28.0 Å².